The van der Waals surface area contributed by atoms with Gasteiger partial charge < -0.3 is 4.74 Å². The van der Waals surface area contributed by atoms with Crippen molar-refractivity contribution in [3.8, 4) is 5.75 Å². The molecule has 0 fully saturated rings. The molecular formula is C17H17NO5S. The van der Waals surface area contributed by atoms with Crippen LogP contribution < -0.4 is 9.46 Å². The van der Waals surface area contributed by atoms with Crippen LogP contribution in [0.1, 0.15) is 34.6 Å². The largest absolute Gasteiger partial charge is 0.493 e. The van der Waals surface area contributed by atoms with E-state index in [4.69, 9.17) is 4.74 Å². The van der Waals surface area contributed by atoms with E-state index in [0.717, 1.165) is 0 Å². The molecule has 2 aromatic rings. The molecule has 0 aliphatic rings. The molecular weight excluding hydrogens is 330 g/mol. The molecule has 0 aliphatic heterocycles. The standard InChI is InChI=1S/C17H17NO5S/c1-3-23-16-7-5-4-6-15(16)17(20)18-24(21,22)14-10-8-13(9-11-14)12(2)19/h4-11H,3H2,1-2H3,(H,18,20). The van der Waals surface area contributed by atoms with E-state index in [9.17, 15) is 18.0 Å². The normalized spacial score (nSPS) is 10.9. The van der Waals surface area contributed by atoms with E-state index in [2.05, 4.69) is 0 Å². The van der Waals surface area contributed by atoms with Gasteiger partial charge in [-0.15, -0.1) is 0 Å². The third kappa shape index (κ3) is 3.99. The number of benzene rings is 2. The summed E-state index contributed by atoms with van der Waals surface area (Å²) in [5.41, 5.74) is 0.519. The minimum absolute atomic E-state index is 0.102. The number of ether oxygens (including phenoxy) is 1. The summed E-state index contributed by atoms with van der Waals surface area (Å²) in [6, 6.07) is 11.7. The predicted octanol–water partition coefficient (Wildman–Crippen LogP) is 2.41. The smallest absolute Gasteiger partial charge is 0.268 e. The van der Waals surface area contributed by atoms with Crippen LogP contribution in [0.4, 0.5) is 0 Å². The predicted molar refractivity (Wildman–Crippen MR) is 88.7 cm³/mol. The molecule has 2 aromatic carbocycles. The van der Waals surface area contributed by atoms with E-state index in [-0.39, 0.29) is 16.2 Å². The number of sulfonamides is 1. The summed E-state index contributed by atoms with van der Waals surface area (Å²) in [5.74, 6) is -0.650. The quantitative estimate of drug-likeness (QED) is 0.811. The minimum atomic E-state index is -4.05. The molecule has 126 valence electrons. The van der Waals surface area contributed by atoms with Gasteiger partial charge in [0.05, 0.1) is 17.1 Å². The summed E-state index contributed by atoms with van der Waals surface area (Å²) < 4.78 is 31.9. The van der Waals surface area contributed by atoms with Gasteiger partial charge in [-0.25, -0.2) is 13.1 Å². The highest BCUT2D eigenvalue weighted by Crippen LogP contribution is 2.19. The third-order valence-corrected chi connectivity index (χ3v) is 4.58. The van der Waals surface area contributed by atoms with Gasteiger partial charge in [0.1, 0.15) is 5.75 Å². The molecule has 0 saturated heterocycles. The van der Waals surface area contributed by atoms with Gasteiger partial charge in [-0.1, -0.05) is 24.3 Å². The molecule has 0 heterocycles. The summed E-state index contributed by atoms with van der Waals surface area (Å²) in [4.78, 5) is 23.4. The van der Waals surface area contributed by atoms with Gasteiger partial charge >= 0.3 is 0 Å². The molecule has 6 nitrogen and oxygen atoms in total. The van der Waals surface area contributed by atoms with Crippen LogP contribution in [0.3, 0.4) is 0 Å². The SMILES string of the molecule is CCOc1ccccc1C(=O)NS(=O)(=O)c1ccc(C(C)=O)cc1. The Labute approximate surface area is 140 Å². The van der Waals surface area contributed by atoms with Crippen molar-refractivity contribution in [2.24, 2.45) is 0 Å². The van der Waals surface area contributed by atoms with Crippen molar-refractivity contribution in [3.05, 3.63) is 59.7 Å². The maximum Gasteiger partial charge on any atom is 0.268 e. The molecule has 0 bridgehead atoms. The molecule has 24 heavy (non-hydrogen) atoms. The van der Waals surface area contributed by atoms with Gasteiger partial charge in [0.15, 0.2) is 5.78 Å². The van der Waals surface area contributed by atoms with Gasteiger partial charge in [0.25, 0.3) is 15.9 Å². The number of hydrogen-bond donors (Lipinski definition) is 1. The van der Waals surface area contributed by atoms with Crippen molar-refractivity contribution in [3.63, 3.8) is 0 Å². The fourth-order valence-electron chi connectivity index (χ4n) is 2.04. The first-order chi connectivity index (χ1) is 11.3. The van der Waals surface area contributed by atoms with Gasteiger partial charge in [-0.2, -0.15) is 0 Å². The summed E-state index contributed by atoms with van der Waals surface area (Å²) in [6.45, 7) is 3.50. The van der Waals surface area contributed by atoms with E-state index < -0.39 is 15.9 Å². The van der Waals surface area contributed by atoms with Crippen molar-refractivity contribution in [2.75, 3.05) is 6.61 Å². The van der Waals surface area contributed by atoms with Crippen molar-refractivity contribution < 1.29 is 22.7 Å². The zero-order valence-corrected chi connectivity index (χ0v) is 14.1. The van der Waals surface area contributed by atoms with Crippen molar-refractivity contribution >= 4 is 21.7 Å². The van der Waals surface area contributed by atoms with Crippen LogP contribution in [0.25, 0.3) is 0 Å². The molecule has 0 atom stereocenters. The van der Waals surface area contributed by atoms with E-state index in [1.54, 1.807) is 25.1 Å². The zero-order chi connectivity index (χ0) is 17.7. The Morgan fingerprint density at radius 1 is 1.04 bits per heavy atom. The lowest BCUT2D eigenvalue weighted by atomic mass is 10.2. The molecule has 0 aromatic heterocycles. The fourth-order valence-corrected chi connectivity index (χ4v) is 3.01. The Morgan fingerprint density at radius 3 is 2.25 bits per heavy atom. The second-order valence-corrected chi connectivity index (χ2v) is 6.63. The number of ketones is 1. The summed E-state index contributed by atoms with van der Waals surface area (Å²) in [5, 5.41) is 0. The number of amides is 1. The van der Waals surface area contributed by atoms with Crippen LogP contribution in [-0.2, 0) is 10.0 Å². The van der Waals surface area contributed by atoms with Crippen molar-refractivity contribution in [1.82, 2.24) is 4.72 Å². The molecule has 0 unspecified atom stereocenters. The summed E-state index contributed by atoms with van der Waals surface area (Å²) >= 11 is 0. The first kappa shape index (κ1) is 17.7. The molecule has 0 spiro atoms. The lowest BCUT2D eigenvalue weighted by molar-refractivity contribution is 0.0975. The van der Waals surface area contributed by atoms with Crippen molar-refractivity contribution in [2.45, 2.75) is 18.7 Å². The van der Waals surface area contributed by atoms with Gasteiger partial charge in [0, 0.05) is 5.56 Å². The lowest BCUT2D eigenvalue weighted by Gasteiger charge is -2.11. The number of rotatable bonds is 6. The second kappa shape index (κ2) is 7.27. The number of Topliss-reactive ketones (excluding diaryl/α,β-unsaturated/α-hetero) is 1. The van der Waals surface area contributed by atoms with E-state index >= 15 is 0 Å². The Balaban J connectivity index is 2.26. The van der Waals surface area contributed by atoms with E-state index in [1.807, 2.05) is 4.72 Å². The molecule has 1 N–H and O–H groups in total. The molecule has 2 rings (SSSR count). The molecule has 7 heteroatoms. The highest BCUT2D eigenvalue weighted by molar-refractivity contribution is 7.90. The second-order valence-electron chi connectivity index (χ2n) is 4.94. The summed E-state index contributed by atoms with van der Waals surface area (Å²) in [7, 11) is -4.05. The van der Waals surface area contributed by atoms with Crippen LogP contribution in [-0.4, -0.2) is 26.7 Å². The van der Waals surface area contributed by atoms with Gasteiger partial charge in [-0.05, 0) is 38.1 Å². The van der Waals surface area contributed by atoms with Gasteiger partial charge in [0.2, 0.25) is 0 Å². The molecule has 0 saturated carbocycles. The van der Waals surface area contributed by atoms with Gasteiger partial charge in [-0.3, -0.25) is 9.59 Å². The average Bonchev–Trinajstić information content (AvgIpc) is 2.55. The monoisotopic (exact) mass is 347 g/mol. The number of para-hydroxylation sites is 1. The Kier molecular flexibility index (Phi) is 5.35. The lowest BCUT2D eigenvalue weighted by Crippen LogP contribution is -2.31. The third-order valence-electron chi connectivity index (χ3n) is 3.23. The van der Waals surface area contributed by atoms with Crippen LogP contribution in [0.15, 0.2) is 53.4 Å². The zero-order valence-electron chi connectivity index (χ0n) is 13.3. The fraction of sp³-hybridized carbons (Fsp3) is 0.176. The van der Waals surface area contributed by atoms with Crippen LogP contribution in [0.2, 0.25) is 0 Å². The first-order valence-electron chi connectivity index (χ1n) is 7.25. The van der Waals surface area contributed by atoms with E-state index in [0.29, 0.717) is 17.9 Å². The topological polar surface area (TPSA) is 89.5 Å². The number of hydrogen-bond acceptors (Lipinski definition) is 5. The van der Waals surface area contributed by atoms with Crippen LogP contribution in [0, 0.1) is 0 Å². The maximum atomic E-state index is 12.3. The number of carbonyl (C=O) groups excluding carboxylic acids is 2. The Morgan fingerprint density at radius 2 is 1.67 bits per heavy atom. The highest BCUT2D eigenvalue weighted by atomic mass is 32.2. The Hall–Kier alpha value is -2.67. The van der Waals surface area contributed by atoms with Crippen molar-refractivity contribution in [1.29, 1.82) is 0 Å². The molecule has 1 amide bonds. The first-order valence-corrected chi connectivity index (χ1v) is 8.73. The molecule has 0 radical (unpaired) electrons. The summed E-state index contributed by atoms with van der Waals surface area (Å²) in [6.07, 6.45) is 0. The Bertz CT molecular complexity index is 857. The van der Waals surface area contributed by atoms with Crippen LogP contribution in [0.5, 0.6) is 5.75 Å². The average molecular weight is 347 g/mol. The molecule has 0 aliphatic carbocycles. The van der Waals surface area contributed by atoms with Crippen LogP contribution >= 0.6 is 0 Å². The van der Waals surface area contributed by atoms with E-state index in [1.165, 1.54) is 37.3 Å². The maximum absolute atomic E-state index is 12.3. The number of nitrogens with one attached hydrogen (secondary N) is 1. The number of carbonyl (C=O) groups is 2. The highest BCUT2D eigenvalue weighted by Gasteiger charge is 2.21. The minimum Gasteiger partial charge on any atom is -0.493 e.